The third kappa shape index (κ3) is 9.19. The molecule has 0 aliphatic heterocycles. The molecule has 0 fully saturated rings. The standard InChI is InChI=1S/C17H35N3O3SSi/c1-5-9-10-11-14-24-17-16-20(19-18-17)13-12-15-25(21-6-2,22-7-3)23-8-4/h16H,5-15H2,1-4H3. The van der Waals surface area contributed by atoms with Gasteiger partial charge >= 0.3 is 8.80 Å². The summed E-state index contributed by atoms with van der Waals surface area (Å²) in [5, 5.41) is 9.49. The van der Waals surface area contributed by atoms with Gasteiger partial charge in [-0.15, -0.1) is 16.9 Å². The van der Waals surface area contributed by atoms with E-state index in [0.717, 1.165) is 29.8 Å². The van der Waals surface area contributed by atoms with E-state index >= 15 is 0 Å². The summed E-state index contributed by atoms with van der Waals surface area (Å²) in [4.78, 5) is 0. The lowest BCUT2D eigenvalue weighted by Gasteiger charge is -2.28. The maximum atomic E-state index is 5.88. The van der Waals surface area contributed by atoms with Crippen LogP contribution in [0.3, 0.4) is 0 Å². The number of unbranched alkanes of at least 4 members (excludes halogenated alkanes) is 3. The second kappa shape index (κ2) is 13.7. The number of aromatic nitrogens is 3. The molecule has 0 aliphatic carbocycles. The minimum Gasteiger partial charge on any atom is -0.374 e. The van der Waals surface area contributed by atoms with Crippen LogP contribution in [0.15, 0.2) is 11.2 Å². The van der Waals surface area contributed by atoms with E-state index in [4.69, 9.17) is 13.3 Å². The van der Waals surface area contributed by atoms with Crippen LogP contribution in [-0.2, 0) is 19.8 Å². The van der Waals surface area contributed by atoms with E-state index < -0.39 is 8.80 Å². The molecular formula is C17H35N3O3SSi. The first-order valence-corrected chi connectivity index (χ1v) is 12.6. The lowest BCUT2D eigenvalue weighted by atomic mass is 10.2. The number of thioether (sulfide) groups is 1. The first-order valence-electron chi connectivity index (χ1n) is 9.64. The Bertz CT molecular complexity index is 432. The first kappa shape index (κ1) is 22.6. The second-order valence-electron chi connectivity index (χ2n) is 5.81. The van der Waals surface area contributed by atoms with Gasteiger partial charge in [0.05, 0.1) is 6.20 Å². The summed E-state index contributed by atoms with van der Waals surface area (Å²) in [6, 6.07) is 0.807. The first-order chi connectivity index (χ1) is 12.2. The monoisotopic (exact) mass is 389 g/mol. The van der Waals surface area contributed by atoms with Gasteiger partial charge in [-0.2, -0.15) is 0 Å². The Balaban J connectivity index is 2.38. The maximum absolute atomic E-state index is 5.88. The van der Waals surface area contributed by atoms with Crippen LogP contribution in [0.1, 0.15) is 59.8 Å². The highest BCUT2D eigenvalue weighted by atomic mass is 32.2. The molecule has 0 amide bonds. The van der Waals surface area contributed by atoms with Gasteiger partial charge in [-0.1, -0.05) is 31.4 Å². The van der Waals surface area contributed by atoms with Crippen LogP contribution in [-0.4, -0.2) is 49.4 Å². The lowest BCUT2D eigenvalue weighted by Crippen LogP contribution is -2.46. The predicted molar refractivity (Wildman–Crippen MR) is 105 cm³/mol. The fourth-order valence-corrected chi connectivity index (χ4v) is 6.06. The van der Waals surface area contributed by atoms with E-state index in [1.807, 2.05) is 31.6 Å². The summed E-state index contributed by atoms with van der Waals surface area (Å²) in [6.45, 7) is 10.9. The van der Waals surface area contributed by atoms with Crippen LogP contribution in [0, 0.1) is 0 Å². The van der Waals surface area contributed by atoms with E-state index in [1.165, 1.54) is 25.7 Å². The number of aryl methyl sites for hydroxylation is 1. The van der Waals surface area contributed by atoms with Gasteiger partial charge in [-0.3, -0.25) is 4.68 Å². The zero-order chi connectivity index (χ0) is 18.4. The molecule has 0 saturated carbocycles. The van der Waals surface area contributed by atoms with Crippen LogP contribution in [0.2, 0.25) is 6.04 Å². The zero-order valence-corrected chi connectivity index (χ0v) is 18.1. The molecule has 0 N–H and O–H groups in total. The van der Waals surface area contributed by atoms with Crippen molar-refractivity contribution in [1.29, 1.82) is 0 Å². The van der Waals surface area contributed by atoms with Crippen molar-refractivity contribution in [1.82, 2.24) is 15.0 Å². The SMILES string of the molecule is CCCCCCSc1cn(CCC[Si](OCC)(OCC)OCC)nn1. The molecular weight excluding hydrogens is 354 g/mol. The summed E-state index contributed by atoms with van der Waals surface area (Å²) in [7, 11) is -2.54. The van der Waals surface area contributed by atoms with Crippen molar-refractivity contribution >= 4 is 20.6 Å². The fourth-order valence-electron chi connectivity index (χ4n) is 2.62. The lowest BCUT2D eigenvalue weighted by molar-refractivity contribution is 0.0704. The molecule has 0 aromatic carbocycles. The summed E-state index contributed by atoms with van der Waals surface area (Å²) >= 11 is 1.80. The Morgan fingerprint density at radius 1 is 0.960 bits per heavy atom. The summed E-state index contributed by atoms with van der Waals surface area (Å²) in [5.74, 6) is 1.12. The minimum atomic E-state index is -2.54. The summed E-state index contributed by atoms with van der Waals surface area (Å²) in [6.07, 6.45) is 8.09. The van der Waals surface area contributed by atoms with Gasteiger partial charge in [0.1, 0.15) is 5.03 Å². The van der Waals surface area contributed by atoms with Crippen LogP contribution in [0.4, 0.5) is 0 Å². The van der Waals surface area contributed by atoms with E-state index in [0.29, 0.717) is 19.8 Å². The third-order valence-electron chi connectivity index (χ3n) is 3.73. The van der Waals surface area contributed by atoms with Gasteiger partial charge in [0.25, 0.3) is 0 Å². The van der Waals surface area contributed by atoms with Gasteiger partial charge in [0.2, 0.25) is 0 Å². The van der Waals surface area contributed by atoms with Gasteiger partial charge in [-0.25, -0.2) is 0 Å². The van der Waals surface area contributed by atoms with E-state index in [-0.39, 0.29) is 0 Å². The molecule has 0 aliphatic rings. The summed E-state index contributed by atoms with van der Waals surface area (Å²) in [5.41, 5.74) is 0. The Morgan fingerprint density at radius 2 is 1.64 bits per heavy atom. The molecule has 6 nitrogen and oxygen atoms in total. The van der Waals surface area contributed by atoms with Crippen molar-refractivity contribution in [3.05, 3.63) is 6.20 Å². The molecule has 1 rings (SSSR count). The van der Waals surface area contributed by atoms with Crippen molar-refractivity contribution in [3.8, 4) is 0 Å². The Labute approximate surface area is 158 Å². The fraction of sp³-hybridized carbons (Fsp3) is 0.882. The van der Waals surface area contributed by atoms with Crippen molar-refractivity contribution in [3.63, 3.8) is 0 Å². The minimum absolute atomic E-state index is 0.619. The molecule has 8 heteroatoms. The molecule has 1 aromatic rings. The summed E-state index contributed by atoms with van der Waals surface area (Å²) < 4.78 is 19.6. The second-order valence-corrected chi connectivity index (χ2v) is 9.66. The molecule has 0 radical (unpaired) electrons. The maximum Gasteiger partial charge on any atom is 0.500 e. The number of rotatable bonds is 16. The number of hydrogen-bond acceptors (Lipinski definition) is 6. The molecule has 0 saturated heterocycles. The van der Waals surface area contributed by atoms with Gasteiger partial charge < -0.3 is 13.3 Å². The van der Waals surface area contributed by atoms with Crippen LogP contribution < -0.4 is 0 Å². The van der Waals surface area contributed by atoms with Crippen LogP contribution >= 0.6 is 11.8 Å². The third-order valence-corrected chi connectivity index (χ3v) is 7.86. The van der Waals surface area contributed by atoms with E-state index in [1.54, 1.807) is 11.8 Å². The molecule has 146 valence electrons. The largest absolute Gasteiger partial charge is 0.500 e. The average molecular weight is 390 g/mol. The van der Waals surface area contributed by atoms with Crippen LogP contribution in [0.25, 0.3) is 0 Å². The molecule has 25 heavy (non-hydrogen) atoms. The molecule has 0 spiro atoms. The van der Waals surface area contributed by atoms with E-state index in [9.17, 15) is 0 Å². The predicted octanol–water partition coefficient (Wildman–Crippen LogP) is 4.39. The molecule has 0 atom stereocenters. The Kier molecular flexibility index (Phi) is 12.4. The van der Waals surface area contributed by atoms with Gasteiger partial charge in [0, 0.05) is 32.4 Å². The number of nitrogens with zero attached hydrogens (tertiary/aromatic N) is 3. The van der Waals surface area contributed by atoms with Crippen LogP contribution in [0.5, 0.6) is 0 Å². The zero-order valence-electron chi connectivity index (χ0n) is 16.3. The topological polar surface area (TPSA) is 58.4 Å². The highest BCUT2D eigenvalue weighted by molar-refractivity contribution is 7.99. The molecule has 0 bridgehead atoms. The van der Waals surface area contributed by atoms with E-state index in [2.05, 4.69) is 17.2 Å². The Morgan fingerprint density at radius 3 is 2.24 bits per heavy atom. The van der Waals surface area contributed by atoms with Crippen molar-refractivity contribution in [2.75, 3.05) is 25.6 Å². The smallest absolute Gasteiger partial charge is 0.374 e. The quantitative estimate of drug-likeness (QED) is 0.237. The highest BCUT2D eigenvalue weighted by Crippen LogP contribution is 2.20. The Hall–Kier alpha value is -0.413. The van der Waals surface area contributed by atoms with Crippen molar-refractivity contribution in [2.24, 2.45) is 0 Å². The number of hydrogen-bond donors (Lipinski definition) is 0. The highest BCUT2D eigenvalue weighted by Gasteiger charge is 2.39. The molecule has 0 unspecified atom stereocenters. The average Bonchev–Trinajstić information content (AvgIpc) is 3.03. The van der Waals surface area contributed by atoms with Gasteiger partial charge in [0.15, 0.2) is 0 Å². The molecule has 1 heterocycles. The molecule has 1 aromatic heterocycles. The van der Waals surface area contributed by atoms with Gasteiger partial charge in [-0.05, 0) is 39.4 Å². The normalized spacial score (nSPS) is 12.0. The van der Waals surface area contributed by atoms with Crippen molar-refractivity contribution < 1.29 is 13.3 Å². The van der Waals surface area contributed by atoms with Crippen molar-refractivity contribution in [2.45, 2.75) is 77.4 Å².